The molecule has 1 heterocycles. The second kappa shape index (κ2) is 6.03. The summed E-state index contributed by atoms with van der Waals surface area (Å²) in [5.74, 6) is 0. The summed E-state index contributed by atoms with van der Waals surface area (Å²) in [4.78, 5) is 0.371. The van der Waals surface area contributed by atoms with Crippen LogP contribution in [-0.4, -0.2) is 33.4 Å². The molecule has 106 valence electrons. The summed E-state index contributed by atoms with van der Waals surface area (Å²) in [7, 11) is -3.10. The third kappa shape index (κ3) is 4.30. The van der Waals surface area contributed by atoms with Gasteiger partial charge in [-0.3, -0.25) is 0 Å². The molecular weight excluding hydrogens is 262 g/mol. The lowest BCUT2D eigenvalue weighted by atomic mass is 10.0. The fourth-order valence-corrected chi connectivity index (χ4v) is 2.93. The minimum Gasteiger partial charge on any atom is -0.378 e. The number of hydrogen-bond acceptors (Lipinski definition) is 4. The van der Waals surface area contributed by atoms with Gasteiger partial charge in [0.25, 0.3) is 0 Å². The Labute approximate surface area is 115 Å². The summed E-state index contributed by atoms with van der Waals surface area (Å²) in [5, 5.41) is 3.50. The van der Waals surface area contributed by atoms with Crippen molar-refractivity contribution >= 4 is 9.84 Å². The lowest BCUT2D eigenvalue weighted by molar-refractivity contribution is 0.0130. The average Bonchev–Trinajstić information content (AvgIpc) is 2.36. The van der Waals surface area contributed by atoms with Gasteiger partial charge in [0.15, 0.2) is 9.84 Å². The Morgan fingerprint density at radius 3 is 2.58 bits per heavy atom. The van der Waals surface area contributed by atoms with E-state index in [-0.39, 0.29) is 0 Å². The van der Waals surface area contributed by atoms with Crippen molar-refractivity contribution in [1.29, 1.82) is 0 Å². The summed E-state index contributed by atoms with van der Waals surface area (Å²) in [6, 6.07) is 7.55. The number of hydrogen-bond donors (Lipinski definition) is 1. The molecule has 0 spiro atoms. The van der Waals surface area contributed by atoms with Crippen LogP contribution in [-0.2, 0) is 21.1 Å². The fraction of sp³-hybridized carbons (Fsp3) is 0.571. The molecule has 1 aromatic carbocycles. The zero-order chi connectivity index (χ0) is 13.9. The zero-order valence-electron chi connectivity index (χ0n) is 11.4. The van der Waals surface area contributed by atoms with Crippen LogP contribution in [0.5, 0.6) is 0 Å². The fourth-order valence-electron chi connectivity index (χ4n) is 2.30. The molecule has 0 amide bonds. The van der Waals surface area contributed by atoms with Gasteiger partial charge >= 0.3 is 0 Å². The highest BCUT2D eigenvalue weighted by molar-refractivity contribution is 7.90. The van der Waals surface area contributed by atoms with Gasteiger partial charge in [-0.05, 0) is 37.5 Å². The van der Waals surface area contributed by atoms with Gasteiger partial charge < -0.3 is 10.1 Å². The minimum absolute atomic E-state index is 0.318. The summed E-state index contributed by atoms with van der Waals surface area (Å²) in [6.45, 7) is 3.67. The van der Waals surface area contributed by atoms with Gasteiger partial charge in [0, 0.05) is 25.4 Å². The second-order valence-electron chi connectivity index (χ2n) is 5.20. The van der Waals surface area contributed by atoms with E-state index in [2.05, 4.69) is 12.2 Å². The molecule has 19 heavy (non-hydrogen) atoms. The molecule has 1 saturated heterocycles. The molecule has 1 N–H and O–H groups in total. The first kappa shape index (κ1) is 14.5. The largest absolute Gasteiger partial charge is 0.378 e. The van der Waals surface area contributed by atoms with Crippen molar-refractivity contribution in [2.45, 2.75) is 43.4 Å². The molecule has 0 saturated carbocycles. The van der Waals surface area contributed by atoms with Crippen LogP contribution in [0.2, 0.25) is 0 Å². The van der Waals surface area contributed by atoms with E-state index in [1.807, 2.05) is 12.1 Å². The highest BCUT2D eigenvalue weighted by Gasteiger charge is 2.18. The first-order valence-corrected chi connectivity index (χ1v) is 8.48. The Balaban J connectivity index is 1.89. The van der Waals surface area contributed by atoms with Crippen molar-refractivity contribution < 1.29 is 13.2 Å². The third-order valence-corrected chi connectivity index (χ3v) is 4.56. The molecule has 1 aliphatic heterocycles. The molecule has 4 nitrogen and oxygen atoms in total. The van der Waals surface area contributed by atoms with Crippen molar-refractivity contribution in [3.05, 3.63) is 29.8 Å². The summed E-state index contributed by atoms with van der Waals surface area (Å²) in [6.07, 6.45) is 3.61. The van der Waals surface area contributed by atoms with Crippen molar-refractivity contribution in [2.75, 3.05) is 12.9 Å². The number of ether oxygens (including phenoxy) is 1. The van der Waals surface area contributed by atoms with Gasteiger partial charge in [-0.25, -0.2) is 8.42 Å². The van der Waals surface area contributed by atoms with Crippen LogP contribution in [0.4, 0.5) is 0 Å². The number of nitrogens with one attached hydrogen (secondary N) is 1. The van der Waals surface area contributed by atoms with Crippen molar-refractivity contribution in [3.8, 4) is 0 Å². The van der Waals surface area contributed by atoms with Crippen molar-refractivity contribution in [1.82, 2.24) is 5.32 Å². The Hall–Kier alpha value is -0.910. The summed E-state index contributed by atoms with van der Waals surface area (Å²) < 4.78 is 28.2. The Bertz CT molecular complexity index is 510. The normalized spacial score (nSPS) is 24.3. The van der Waals surface area contributed by atoms with Crippen LogP contribution in [0, 0.1) is 0 Å². The molecule has 2 unspecified atom stereocenters. The lowest BCUT2D eigenvalue weighted by Crippen LogP contribution is -2.37. The quantitative estimate of drug-likeness (QED) is 0.914. The molecule has 0 radical (unpaired) electrons. The van der Waals surface area contributed by atoms with Crippen LogP contribution in [0.1, 0.15) is 25.3 Å². The van der Waals surface area contributed by atoms with Crippen LogP contribution in [0.15, 0.2) is 29.2 Å². The van der Waals surface area contributed by atoms with E-state index in [1.165, 1.54) is 6.26 Å². The van der Waals surface area contributed by atoms with E-state index < -0.39 is 9.84 Å². The van der Waals surface area contributed by atoms with E-state index in [0.29, 0.717) is 17.0 Å². The van der Waals surface area contributed by atoms with E-state index in [9.17, 15) is 8.42 Å². The van der Waals surface area contributed by atoms with Crippen LogP contribution in [0.25, 0.3) is 0 Å². The van der Waals surface area contributed by atoms with Gasteiger partial charge in [0.05, 0.1) is 11.0 Å². The van der Waals surface area contributed by atoms with Crippen molar-refractivity contribution in [2.24, 2.45) is 0 Å². The van der Waals surface area contributed by atoms with Gasteiger partial charge in [-0.1, -0.05) is 12.1 Å². The molecule has 5 heteroatoms. The smallest absolute Gasteiger partial charge is 0.175 e. The molecule has 2 atom stereocenters. The van der Waals surface area contributed by atoms with Gasteiger partial charge in [-0.15, -0.1) is 0 Å². The summed E-state index contributed by atoms with van der Waals surface area (Å²) >= 11 is 0. The van der Waals surface area contributed by atoms with E-state index in [4.69, 9.17) is 4.74 Å². The molecule has 1 fully saturated rings. The Morgan fingerprint density at radius 2 is 2.00 bits per heavy atom. The SMILES string of the molecule is CC1CC(NCc2ccc(S(C)(=O)=O)cc2)CCO1. The summed E-state index contributed by atoms with van der Waals surface area (Å²) in [5.41, 5.74) is 1.10. The number of rotatable bonds is 4. The van der Waals surface area contributed by atoms with Crippen LogP contribution < -0.4 is 5.32 Å². The van der Waals surface area contributed by atoms with E-state index in [1.54, 1.807) is 12.1 Å². The number of sulfone groups is 1. The first-order chi connectivity index (χ1) is 8.95. The molecule has 0 aromatic heterocycles. The van der Waals surface area contributed by atoms with Crippen LogP contribution in [0.3, 0.4) is 0 Å². The first-order valence-electron chi connectivity index (χ1n) is 6.59. The highest BCUT2D eigenvalue weighted by atomic mass is 32.2. The third-order valence-electron chi connectivity index (χ3n) is 3.43. The predicted octanol–water partition coefficient (Wildman–Crippen LogP) is 1.75. The second-order valence-corrected chi connectivity index (χ2v) is 7.22. The minimum atomic E-state index is -3.10. The standard InChI is InChI=1S/C14H21NO3S/c1-11-9-13(7-8-18-11)15-10-12-3-5-14(6-4-12)19(2,16)17/h3-6,11,13,15H,7-10H2,1-2H3. The van der Waals surface area contributed by atoms with Crippen LogP contribution >= 0.6 is 0 Å². The molecule has 1 aliphatic rings. The molecule has 0 aliphatic carbocycles. The molecule has 0 bridgehead atoms. The molecule has 2 rings (SSSR count). The molecule has 1 aromatic rings. The average molecular weight is 283 g/mol. The Morgan fingerprint density at radius 1 is 1.32 bits per heavy atom. The van der Waals surface area contributed by atoms with E-state index in [0.717, 1.165) is 31.6 Å². The predicted molar refractivity (Wildman–Crippen MR) is 74.8 cm³/mol. The topological polar surface area (TPSA) is 55.4 Å². The number of benzene rings is 1. The maximum Gasteiger partial charge on any atom is 0.175 e. The monoisotopic (exact) mass is 283 g/mol. The highest BCUT2D eigenvalue weighted by Crippen LogP contribution is 2.15. The van der Waals surface area contributed by atoms with Gasteiger partial charge in [-0.2, -0.15) is 0 Å². The van der Waals surface area contributed by atoms with Gasteiger partial charge in [0.1, 0.15) is 0 Å². The maximum absolute atomic E-state index is 11.4. The Kier molecular flexibility index (Phi) is 4.60. The maximum atomic E-state index is 11.4. The van der Waals surface area contributed by atoms with E-state index >= 15 is 0 Å². The van der Waals surface area contributed by atoms with Gasteiger partial charge in [0.2, 0.25) is 0 Å². The van der Waals surface area contributed by atoms with Crippen molar-refractivity contribution in [3.63, 3.8) is 0 Å². The zero-order valence-corrected chi connectivity index (χ0v) is 12.2. The molecular formula is C14H21NO3S. The lowest BCUT2D eigenvalue weighted by Gasteiger charge is -2.28.